The fourth-order valence-electron chi connectivity index (χ4n) is 1.96. The predicted octanol–water partition coefficient (Wildman–Crippen LogP) is 3.22. The van der Waals surface area contributed by atoms with Crippen molar-refractivity contribution in [3.05, 3.63) is 63.2 Å². The van der Waals surface area contributed by atoms with Crippen LogP contribution >= 0.6 is 15.9 Å². The SMILES string of the molecule is O=c1[nH]c2cc(Br)ccc2n1-c1cccc(F)c1. The summed E-state index contributed by atoms with van der Waals surface area (Å²) in [4.78, 5) is 14.7. The van der Waals surface area contributed by atoms with Crippen LogP contribution in [0.2, 0.25) is 0 Å². The summed E-state index contributed by atoms with van der Waals surface area (Å²) in [5, 5.41) is 0. The van der Waals surface area contributed by atoms with Crippen LogP contribution in [0.1, 0.15) is 0 Å². The number of nitrogens with one attached hydrogen (secondary N) is 1. The molecule has 0 fully saturated rings. The third kappa shape index (κ3) is 1.76. The maximum Gasteiger partial charge on any atom is 0.331 e. The molecule has 1 aromatic heterocycles. The minimum absolute atomic E-state index is 0.284. The van der Waals surface area contributed by atoms with Crippen molar-refractivity contribution in [1.29, 1.82) is 0 Å². The summed E-state index contributed by atoms with van der Waals surface area (Å²) in [6, 6.07) is 11.4. The van der Waals surface area contributed by atoms with Crippen molar-refractivity contribution in [2.45, 2.75) is 0 Å². The van der Waals surface area contributed by atoms with Crippen LogP contribution in [0.25, 0.3) is 16.7 Å². The molecule has 0 bridgehead atoms. The second-order valence-corrected chi connectivity index (χ2v) is 4.82. The van der Waals surface area contributed by atoms with E-state index in [0.717, 1.165) is 4.47 Å². The summed E-state index contributed by atoms with van der Waals surface area (Å²) in [6.07, 6.45) is 0. The lowest BCUT2D eigenvalue weighted by atomic mass is 10.3. The first-order chi connectivity index (χ1) is 8.65. The van der Waals surface area contributed by atoms with E-state index in [9.17, 15) is 9.18 Å². The first kappa shape index (κ1) is 11.2. The fraction of sp³-hybridized carbons (Fsp3) is 0. The lowest BCUT2D eigenvalue weighted by molar-refractivity contribution is 0.626. The Morgan fingerprint density at radius 2 is 2.00 bits per heavy atom. The monoisotopic (exact) mass is 306 g/mol. The molecule has 2 aromatic carbocycles. The van der Waals surface area contributed by atoms with Crippen LogP contribution in [0.15, 0.2) is 51.7 Å². The van der Waals surface area contributed by atoms with E-state index < -0.39 is 0 Å². The molecule has 0 spiro atoms. The standard InChI is InChI=1S/C13H8BrFN2O/c14-8-4-5-12-11(6-8)16-13(18)17(12)10-3-1-2-9(15)7-10/h1-7H,(H,16,18). The largest absolute Gasteiger partial charge is 0.331 e. The smallest absolute Gasteiger partial charge is 0.305 e. The molecule has 3 nitrogen and oxygen atoms in total. The first-order valence-electron chi connectivity index (χ1n) is 5.31. The zero-order chi connectivity index (χ0) is 12.7. The third-order valence-corrected chi connectivity index (χ3v) is 3.20. The Morgan fingerprint density at radius 1 is 1.17 bits per heavy atom. The van der Waals surface area contributed by atoms with Gasteiger partial charge in [0.25, 0.3) is 0 Å². The van der Waals surface area contributed by atoms with Crippen LogP contribution in [0.3, 0.4) is 0 Å². The molecular weight excluding hydrogens is 299 g/mol. The number of benzene rings is 2. The van der Waals surface area contributed by atoms with Gasteiger partial charge in [0.05, 0.1) is 16.7 Å². The number of aromatic amines is 1. The second kappa shape index (κ2) is 4.10. The number of fused-ring (bicyclic) bond motifs is 1. The van der Waals surface area contributed by atoms with E-state index in [-0.39, 0.29) is 11.5 Å². The molecule has 1 N–H and O–H groups in total. The molecule has 0 aliphatic carbocycles. The maximum atomic E-state index is 13.2. The molecule has 1 heterocycles. The maximum absolute atomic E-state index is 13.2. The minimum Gasteiger partial charge on any atom is -0.305 e. The summed E-state index contributed by atoms with van der Waals surface area (Å²) >= 11 is 3.34. The van der Waals surface area contributed by atoms with Gasteiger partial charge in [-0.1, -0.05) is 22.0 Å². The lowest BCUT2D eigenvalue weighted by Gasteiger charge is -2.03. The number of hydrogen-bond acceptors (Lipinski definition) is 1. The third-order valence-electron chi connectivity index (χ3n) is 2.71. The van der Waals surface area contributed by atoms with Gasteiger partial charge in [-0.2, -0.15) is 0 Å². The number of imidazole rings is 1. The summed E-state index contributed by atoms with van der Waals surface area (Å²) in [5.74, 6) is -0.370. The van der Waals surface area contributed by atoms with Crippen LogP contribution in [-0.2, 0) is 0 Å². The Balaban J connectivity index is 2.35. The van der Waals surface area contributed by atoms with E-state index in [2.05, 4.69) is 20.9 Å². The number of H-pyrrole nitrogens is 1. The highest BCUT2D eigenvalue weighted by Gasteiger charge is 2.09. The Labute approximate surface area is 110 Å². The van der Waals surface area contributed by atoms with Gasteiger partial charge in [0.1, 0.15) is 5.82 Å². The minimum atomic E-state index is -0.370. The Hall–Kier alpha value is -1.88. The topological polar surface area (TPSA) is 37.8 Å². The van der Waals surface area contributed by atoms with Gasteiger partial charge in [-0.15, -0.1) is 0 Å². The van der Waals surface area contributed by atoms with Crippen molar-refractivity contribution in [3.63, 3.8) is 0 Å². The van der Waals surface area contributed by atoms with Crippen LogP contribution in [0.5, 0.6) is 0 Å². The molecule has 5 heteroatoms. The van der Waals surface area contributed by atoms with Crippen LogP contribution in [0, 0.1) is 5.82 Å². The predicted molar refractivity (Wildman–Crippen MR) is 71.6 cm³/mol. The zero-order valence-electron chi connectivity index (χ0n) is 9.15. The molecule has 18 heavy (non-hydrogen) atoms. The van der Waals surface area contributed by atoms with Crippen molar-refractivity contribution in [3.8, 4) is 5.69 Å². The molecule has 0 unspecified atom stereocenters. The molecule has 0 aliphatic rings. The summed E-state index contributed by atoms with van der Waals surface area (Å²) in [5.41, 5.74) is 1.65. The number of rotatable bonds is 1. The van der Waals surface area contributed by atoms with Gasteiger partial charge in [-0.05, 0) is 36.4 Å². The van der Waals surface area contributed by atoms with E-state index in [4.69, 9.17) is 0 Å². The van der Waals surface area contributed by atoms with E-state index in [1.165, 1.54) is 16.7 Å². The molecule has 3 rings (SSSR count). The van der Waals surface area contributed by atoms with Gasteiger partial charge in [0, 0.05) is 4.47 Å². The van der Waals surface area contributed by atoms with Gasteiger partial charge in [0.15, 0.2) is 0 Å². The number of halogens is 2. The second-order valence-electron chi connectivity index (χ2n) is 3.91. The van der Waals surface area contributed by atoms with Gasteiger partial charge in [-0.25, -0.2) is 9.18 Å². The molecule has 0 radical (unpaired) electrons. The molecule has 0 saturated heterocycles. The molecule has 0 amide bonds. The highest BCUT2D eigenvalue weighted by molar-refractivity contribution is 9.10. The van der Waals surface area contributed by atoms with E-state index in [1.54, 1.807) is 12.1 Å². The summed E-state index contributed by atoms with van der Waals surface area (Å²) in [7, 11) is 0. The van der Waals surface area contributed by atoms with Crippen LogP contribution < -0.4 is 5.69 Å². The van der Waals surface area contributed by atoms with Crippen LogP contribution in [-0.4, -0.2) is 9.55 Å². The van der Waals surface area contributed by atoms with E-state index in [0.29, 0.717) is 16.7 Å². The molecular formula is C13H8BrFN2O. The van der Waals surface area contributed by atoms with Crippen LogP contribution in [0.4, 0.5) is 4.39 Å². The Kier molecular flexibility index (Phi) is 2.56. The zero-order valence-corrected chi connectivity index (χ0v) is 10.7. The average molecular weight is 307 g/mol. The van der Waals surface area contributed by atoms with E-state index in [1.807, 2.05) is 18.2 Å². The number of hydrogen-bond donors (Lipinski definition) is 1. The average Bonchev–Trinajstić information content (AvgIpc) is 2.64. The molecule has 0 aliphatic heterocycles. The molecule has 3 aromatic rings. The van der Waals surface area contributed by atoms with Crippen molar-refractivity contribution >= 4 is 27.0 Å². The van der Waals surface area contributed by atoms with Gasteiger partial charge in [-0.3, -0.25) is 4.57 Å². The van der Waals surface area contributed by atoms with Crippen molar-refractivity contribution in [2.24, 2.45) is 0 Å². The fourth-order valence-corrected chi connectivity index (χ4v) is 2.32. The molecule has 0 atom stereocenters. The highest BCUT2D eigenvalue weighted by atomic mass is 79.9. The quantitative estimate of drug-likeness (QED) is 0.736. The normalized spacial score (nSPS) is 11.0. The first-order valence-corrected chi connectivity index (χ1v) is 6.11. The Bertz CT molecular complexity index is 791. The molecule has 0 saturated carbocycles. The number of nitrogens with zero attached hydrogens (tertiary/aromatic N) is 1. The van der Waals surface area contributed by atoms with Crippen molar-refractivity contribution < 1.29 is 4.39 Å². The Morgan fingerprint density at radius 3 is 2.78 bits per heavy atom. The molecule has 90 valence electrons. The highest BCUT2D eigenvalue weighted by Crippen LogP contribution is 2.20. The van der Waals surface area contributed by atoms with Gasteiger partial charge in [0.2, 0.25) is 0 Å². The summed E-state index contributed by atoms with van der Waals surface area (Å²) in [6.45, 7) is 0. The summed E-state index contributed by atoms with van der Waals surface area (Å²) < 4.78 is 15.5. The van der Waals surface area contributed by atoms with Crippen molar-refractivity contribution in [2.75, 3.05) is 0 Å². The number of aromatic nitrogens is 2. The van der Waals surface area contributed by atoms with Gasteiger partial charge >= 0.3 is 5.69 Å². The van der Waals surface area contributed by atoms with Crippen molar-refractivity contribution in [1.82, 2.24) is 9.55 Å². The van der Waals surface area contributed by atoms with Gasteiger partial charge < -0.3 is 4.98 Å². The van der Waals surface area contributed by atoms with E-state index >= 15 is 0 Å². The lowest BCUT2D eigenvalue weighted by Crippen LogP contribution is -2.14.